The first-order valence-corrected chi connectivity index (χ1v) is 22.3. The molecule has 0 heterocycles. The molecule has 0 aromatic carbocycles. The van der Waals surface area contributed by atoms with Gasteiger partial charge in [-0.05, 0) is 172 Å². The largest absolute Gasteiger partial charge is 0.0654 e. The van der Waals surface area contributed by atoms with E-state index in [4.69, 9.17) is 0 Å². The Morgan fingerprint density at radius 3 is 0.604 bits per heavy atom. The van der Waals surface area contributed by atoms with E-state index in [0.717, 1.165) is 88.8 Å². The molecule has 0 spiro atoms. The molecule has 0 fully saturated rings. The molecule has 0 aliphatic heterocycles. The van der Waals surface area contributed by atoms with Crippen molar-refractivity contribution in [2.75, 3.05) is 0 Å². The Labute approximate surface area is 308 Å². The van der Waals surface area contributed by atoms with Crippen LogP contribution in [0, 0.1) is 88.8 Å². The average molecular weight is 675 g/mol. The third-order valence-corrected chi connectivity index (χ3v) is 12.8. The Kier molecular flexibility index (Phi) is 26.7. The minimum absolute atomic E-state index is 0.859. The first-order chi connectivity index (χ1) is 22.3. The summed E-state index contributed by atoms with van der Waals surface area (Å²) < 4.78 is 0. The highest BCUT2D eigenvalue weighted by molar-refractivity contribution is 4.73. The van der Waals surface area contributed by atoms with Gasteiger partial charge in [-0.3, -0.25) is 0 Å². The van der Waals surface area contributed by atoms with E-state index in [1.807, 2.05) is 0 Å². The van der Waals surface area contributed by atoms with Crippen molar-refractivity contribution < 1.29 is 0 Å². The van der Waals surface area contributed by atoms with Crippen molar-refractivity contribution in [3.05, 3.63) is 0 Å². The maximum absolute atomic E-state index is 2.55. The van der Waals surface area contributed by atoms with Crippen LogP contribution in [-0.4, -0.2) is 0 Å². The zero-order valence-electron chi connectivity index (χ0n) is 37.0. The second-order valence-corrected chi connectivity index (χ2v) is 20.6. The molecule has 0 aromatic heterocycles. The Bertz CT molecular complexity index is 724. The fourth-order valence-corrected chi connectivity index (χ4v) is 11.3. The smallest absolute Gasteiger partial charge is 0.0415 e. The fourth-order valence-electron chi connectivity index (χ4n) is 11.3. The summed E-state index contributed by atoms with van der Waals surface area (Å²) in [6, 6.07) is 0. The molecule has 0 bridgehead atoms. The zero-order valence-corrected chi connectivity index (χ0v) is 37.0. The predicted octanol–water partition coefficient (Wildman–Crippen LogP) is 16.8. The lowest BCUT2D eigenvalue weighted by atomic mass is 9.78. The van der Waals surface area contributed by atoms with E-state index in [9.17, 15) is 0 Å². The molecular weight excluding hydrogens is 577 g/mol. The van der Waals surface area contributed by atoms with Gasteiger partial charge in [0.15, 0.2) is 0 Å². The van der Waals surface area contributed by atoms with Crippen LogP contribution in [0.3, 0.4) is 0 Å². The van der Waals surface area contributed by atoms with Crippen molar-refractivity contribution >= 4 is 0 Å². The van der Waals surface area contributed by atoms with Crippen LogP contribution in [0.25, 0.3) is 0 Å². The van der Waals surface area contributed by atoms with Crippen LogP contribution in [0.1, 0.15) is 220 Å². The molecule has 0 amide bonds. The molecule has 0 aliphatic rings. The molecule has 0 aromatic rings. The Morgan fingerprint density at radius 1 is 0.229 bits per heavy atom. The van der Waals surface area contributed by atoms with Gasteiger partial charge in [0.1, 0.15) is 0 Å². The van der Waals surface area contributed by atoms with Crippen LogP contribution >= 0.6 is 0 Å². The summed E-state index contributed by atoms with van der Waals surface area (Å²) in [6.07, 6.45) is 22.5. The van der Waals surface area contributed by atoms with Crippen molar-refractivity contribution in [2.45, 2.75) is 220 Å². The summed E-state index contributed by atoms with van der Waals surface area (Å²) in [7, 11) is 0. The highest BCUT2D eigenvalue weighted by Crippen LogP contribution is 2.34. The van der Waals surface area contributed by atoms with Crippen LogP contribution < -0.4 is 0 Å². The molecule has 15 unspecified atom stereocenters. The molecule has 0 aliphatic carbocycles. The van der Waals surface area contributed by atoms with Gasteiger partial charge in [-0.1, -0.05) is 137 Å². The lowest BCUT2D eigenvalue weighted by Crippen LogP contribution is -2.16. The average Bonchev–Trinajstić information content (AvgIpc) is 2.90. The second-order valence-electron chi connectivity index (χ2n) is 20.6. The Balaban J connectivity index is 4.35. The minimum Gasteiger partial charge on any atom is -0.0654 e. The van der Waals surface area contributed by atoms with Crippen LogP contribution in [0.2, 0.25) is 0 Å². The first kappa shape index (κ1) is 48.0. The SMILES string of the molecule is CCCC(C)CC(C)CC(C)CC(C)CC(C)CC(C)CC(C)CC(C)CC(C)CC(C)CC(C)CC(C)CC(C)CC(C)C(C)CC. The molecule has 0 heteroatoms. The molecule has 0 saturated carbocycles. The van der Waals surface area contributed by atoms with Gasteiger partial charge in [-0.15, -0.1) is 0 Å². The van der Waals surface area contributed by atoms with Crippen LogP contribution in [0.15, 0.2) is 0 Å². The van der Waals surface area contributed by atoms with Crippen LogP contribution in [0.5, 0.6) is 0 Å². The quantitative estimate of drug-likeness (QED) is 0.0711. The zero-order chi connectivity index (χ0) is 37.0. The van der Waals surface area contributed by atoms with Gasteiger partial charge in [-0.25, -0.2) is 0 Å². The molecule has 0 rings (SSSR count). The molecule has 0 saturated heterocycles. The van der Waals surface area contributed by atoms with Gasteiger partial charge >= 0.3 is 0 Å². The number of hydrogen-bond acceptors (Lipinski definition) is 0. The maximum atomic E-state index is 2.55. The van der Waals surface area contributed by atoms with Crippen molar-refractivity contribution in [3.63, 3.8) is 0 Å². The predicted molar refractivity (Wildman–Crippen MR) is 223 cm³/mol. The van der Waals surface area contributed by atoms with Gasteiger partial charge < -0.3 is 0 Å². The van der Waals surface area contributed by atoms with Crippen LogP contribution in [0.4, 0.5) is 0 Å². The lowest BCUT2D eigenvalue weighted by Gasteiger charge is -2.28. The lowest BCUT2D eigenvalue weighted by molar-refractivity contribution is 0.239. The highest BCUT2D eigenvalue weighted by Gasteiger charge is 2.22. The topological polar surface area (TPSA) is 0 Å². The van der Waals surface area contributed by atoms with Gasteiger partial charge in [0, 0.05) is 0 Å². The molecule has 15 atom stereocenters. The van der Waals surface area contributed by atoms with E-state index >= 15 is 0 Å². The standard InChI is InChI=1S/C48H98/c1-18-20-34(3)21-35(4)22-36(5)23-37(6)24-38(7)25-39(8)26-40(9)27-41(10)28-42(11)29-43(12)30-44(13)31-45(14)32-46(15)33-48(17)47(16)19-2/h34-48H,18-33H2,1-17H3. The van der Waals surface area contributed by atoms with Gasteiger partial charge in [0.25, 0.3) is 0 Å². The molecule has 48 heavy (non-hydrogen) atoms. The fraction of sp³-hybridized carbons (Fsp3) is 1.00. The van der Waals surface area contributed by atoms with E-state index in [0.29, 0.717) is 0 Å². The molecule has 290 valence electrons. The van der Waals surface area contributed by atoms with Crippen LogP contribution in [-0.2, 0) is 0 Å². The molecular formula is C48H98. The van der Waals surface area contributed by atoms with Gasteiger partial charge in [0.2, 0.25) is 0 Å². The number of rotatable bonds is 30. The summed E-state index contributed by atoms with van der Waals surface area (Å²) in [6.45, 7) is 42.5. The van der Waals surface area contributed by atoms with Crippen molar-refractivity contribution in [1.29, 1.82) is 0 Å². The monoisotopic (exact) mass is 675 g/mol. The minimum atomic E-state index is 0.859. The molecule has 0 radical (unpaired) electrons. The van der Waals surface area contributed by atoms with Crippen molar-refractivity contribution in [3.8, 4) is 0 Å². The summed E-state index contributed by atoms with van der Waals surface area (Å²) in [5.74, 6) is 13.0. The van der Waals surface area contributed by atoms with E-state index in [2.05, 4.69) is 118 Å². The first-order valence-electron chi connectivity index (χ1n) is 22.3. The third-order valence-electron chi connectivity index (χ3n) is 12.8. The Hall–Kier alpha value is 0. The highest BCUT2D eigenvalue weighted by atomic mass is 14.3. The normalized spacial score (nSPS) is 21.9. The molecule has 0 nitrogen and oxygen atoms in total. The third kappa shape index (κ3) is 25.0. The van der Waals surface area contributed by atoms with E-state index in [1.165, 1.54) is 103 Å². The summed E-state index contributed by atoms with van der Waals surface area (Å²) in [5, 5.41) is 0. The number of hydrogen-bond donors (Lipinski definition) is 0. The Morgan fingerprint density at radius 2 is 0.417 bits per heavy atom. The van der Waals surface area contributed by atoms with Crippen molar-refractivity contribution in [1.82, 2.24) is 0 Å². The summed E-state index contributed by atoms with van der Waals surface area (Å²) in [4.78, 5) is 0. The van der Waals surface area contributed by atoms with Gasteiger partial charge in [-0.2, -0.15) is 0 Å². The maximum Gasteiger partial charge on any atom is -0.0415 e. The van der Waals surface area contributed by atoms with Crippen molar-refractivity contribution in [2.24, 2.45) is 88.8 Å². The van der Waals surface area contributed by atoms with E-state index in [-0.39, 0.29) is 0 Å². The summed E-state index contributed by atoms with van der Waals surface area (Å²) in [5.41, 5.74) is 0. The molecule has 0 N–H and O–H groups in total. The van der Waals surface area contributed by atoms with E-state index in [1.54, 1.807) is 0 Å². The summed E-state index contributed by atoms with van der Waals surface area (Å²) >= 11 is 0. The van der Waals surface area contributed by atoms with E-state index < -0.39 is 0 Å². The van der Waals surface area contributed by atoms with Gasteiger partial charge in [0.05, 0.1) is 0 Å². The second kappa shape index (κ2) is 26.7.